The smallest absolute Gasteiger partial charge is 0.323 e. The molecule has 5 rings (SSSR count). The quantitative estimate of drug-likeness (QED) is 0.484. The summed E-state index contributed by atoms with van der Waals surface area (Å²) < 4.78 is 50.1. The topological polar surface area (TPSA) is 137 Å². The molecule has 2 saturated heterocycles. The molecule has 2 fully saturated rings. The highest BCUT2D eigenvalue weighted by Gasteiger charge is 2.41. The Morgan fingerprint density at radius 3 is 2.72 bits per heavy atom. The summed E-state index contributed by atoms with van der Waals surface area (Å²) in [6, 6.07) is 1.95. The van der Waals surface area contributed by atoms with Gasteiger partial charge in [0.05, 0.1) is 22.4 Å². The number of ether oxygens (including phenoxy) is 2. The number of pyridine rings is 1. The van der Waals surface area contributed by atoms with Crippen molar-refractivity contribution in [2.75, 3.05) is 50.7 Å². The Hall–Kier alpha value is -3.03. The molecule has 0 bridgehead atoms. The van der Waals surface area contributed by atoms with Gasteiger partial charge in [0.15, 0.2) is 15.0 Å². The van der Waals surface area contributed by atoms with Gasteiger partial charge in [-0.2, -0.15) is 0 Å². The number of nitrogens with zero attached hydrogens (tertiary/aromatic N) is 3. The van der Waals surface area contributed by atoms with Gasteiger partial charge in [-0.25, -0.2) is 27.6 Å². The Kier molecular flexibility index (Phi) is 6.25. The lowest BCUT2D eigenvalue weighted by molar-refractivity contribution is 0.0211. The number of carbonyl (C=O) groups excluding carboxylic acids is 1. The van der Waals surface area contributed by atoms with Crippen LogP contribution in [0.4, 0.5) is 20.0 Å². The first-order chi connectivity index (χ1) is 17.1. The Bertz CT molecular complexity index is 1450. The van der Waals surface area contributed by atoms with Crippen LogP contribution in [0.25, 0.3) is 21.3 Å². The van der Waals surface area contributed by atoms with Crippen molar-refractivity contribution >= 4 is 48.2 Å². The van der Waals surface area contributed by atoms with Crippen LogP contribution in [0.3, 0.4) is 0 Å². The van der Waals surface area contributed by atoms with Gasteiger partial charge in [0.25, 0.3) is 0 Å². The number of thiazole rings is 1. The monoisotopic (exact) mass is 535 g/mol. The molecule has 3 N–H and O–H groups in total. The number of hydrogen-bond acceptors (Lipinski definition) is 9. The standard InChI is InChI=1S/C23H26FN5O5S2/c1-33-20-18-19(15(11-26-20)14-9-13(36(2,31)32)10-16(24)17(14)25)35-21(27-18)28-22(30)29-6-3-23(12-29)4-7-34-8-5-23/h9-11H,3-8,12,25H2,1-2H3,(H,27,28,30). The van der Waals surface area contributed by atoms with Crippen LogP contribution in [0, 0.1) is 11.2 Å². The van der Waals surface area contributed by atoms with Crippen molar-refractivity contribution in [3.8, 4) is 17.0 Å². The average Bonchev–Trinajstić information content (AvgIpc) is 3.44. The molecule has 2 aromatic heterocycles. The lowest BCUT2D eigenvalue weighted by Crippen LogP contribution is -2.37. The molecule has 13 heteroatoms. The zero-order chi connectivity index (χ0) is 25.7. The molecule has 3 aromatic rings. The number of anilines is 2. The van der Waals surface area contributed by atoms with Crippen LogP contribution in [-0.4, -0.2) is 69.0 Å². The number of sulfone groups is 1. The minimum absolute atomic E-state index is 0.107. The van der Waals surface area contributed by atoms with Crippen molar-refractivity contribution in [2.24, 2.45) is 5.41 Å². The molecule has 2 aliphatic heterocycles. The number of urea groups is 1. The second-order valence-corrected chi connectivity index (χ2v) is 12.2. The van der Waals surface area contributed by atoms with Gasteiger partial charge in [0.1, 0.15) is 11.3 Å². The normalized spacial score (nSPS) is 17.6. The van der Waals surface area contributed by atoms with Crippen molar-refractivity contribution in [1.29, 1.82) is 0 Å². The number of rotatable bonds is 4. The van der Waals surface area contributed by atoms with Crippen LogP contribution >= 0.6 is 11.3 Å². The van der Waals surface area contributed by atoms with Gasteiger partial charge >= 0.3 is 6.03 Å². The van der Waals surface area contributed by atoms with E-state index in [9.17, 15) is 17.6 Å². The van der Waals surface area contributed by atoms with E-state index in [1.165, 1.54) is 19.4 Å². The number of amides is 2. The van der Waals surface area contributed by atoms with Crippen LogP contribution < -0.4 is 15.8 Å². The van der Waals surface area contributed by atoms with Gasteiger partial charge in [0, 0.05) is 49.9 Å². The number of aromatic nitrogens is 2. The lowest BCUT2D eigenvalue weighted by atomic mass is 9.80. The molecule has 0 unspecified atom stereocenters. The fourth-order valence-corrected chi connectivity index (χ4v) is 6.43. The molecule has 0 radical (unpaired) electrons. The summed E-state index contributed by atoms with van der Waals surface area (Å²) in [4.78, 5) is 23.4. The molecule has 1 aromatic carbocycles. The number of nitrogens with two attached hydrogens (primary N) is 1. The highest BCUT2D eigenvalue weighted by molar-refractivity contribution is 7.90. The third kappa shape index (κ3) is 4.46. The number of halogens is 1. The number of benzene rings is 1. The largest absolute Gasteiger partial charge is 0.479 e. The molecule has 36 heavy (non-hydrogen) atoms. The van der Waals surface area contributed by atoms with Crippen LogP contribution in [0.5, 0.6) is 5.88 Å². The molecule has 0 atom stereocenters. The molecule has 0 aliphatic carbocycles. The van der Waals surface area contributed by atoms with Crippen LogP contribution in [0.15, 0.2) is 23.2 Å². The van der Waals surface area contributed by atoms with E-state index in [4.69, 9.17) is 15.2 Å². The molecule has 2 amide bonds. The Morgan fingerprint density at radius 1 is 1.28 bits per heavy atom. The Balaban J connectivity index is 1.50. The SMILES string of the molecule is COc1ncc(-c2cc(S(C)(=O)=O)cc(F)c2N)c2sc(NC(=O)N3CCC4(CCOCC4)C3)nc12. The maximum absolute atomic E-state index is 14.6. The highest BCUT2D eigenvalue weighted by Crippen LogP contribution is 2.42. The predicted molar refractivity (Wildman–Crippen MR) is 135 cm³/mol. The minimum Gasteiger partial charge on any atom is -0.479 e. The van der Waals surface area contributed by atoms with Gasteiger partial charge in [0.2, 0.25) is 5.88 Å². The molecule has 0 saturated carbocycles. The summed E-state index contributed by atoms with van der Waals surface area (Å²) in [7, 11) is -2.25. The number of nitrogen functional groups attached to an aromatic ring is 1. The van der Waals surface area contributed by atoms with E-state index in [1.807, 2.05) is 0 Å². The molecular formula is C23H26FN5O5S2. The minimum atomic E-state index is -3.69. The number of nitrogens with one attached hydrogen (secondary N) is 1. The van der Waals surface area contributed by atoms with Crippen LogP contribution in [0.2, 0.25) is 0 Å². The van der Waals surface area contributed by atoms with Gasteiger partial charge in [-0.3, -0.25) is 5.32 Å². The highest BCUT2D eigenvalue weighted by atomic mass is 32.2. The van der Waals surface area contributed by atoms with E-state index in [0.717, 1.165) is 42.9 Å². The second kappa shape index (κ2) is 9.12. The van der Waals surface area contributed by atoms with E-state index >= 15 is 0 Å². The van der Waals surface area contributed by atoms with E-state index in [-0.39, 0.29) is 33.5 Å². The van der Waals surface area contributed by atoms with E-state index in [0.29, 0.717) is 47.2 Å². The van der Waals surface area contributed by atoms with Gasteiger partial charge in [-0.05, 0) is 36.8 Å². The molecule has 10 nitrogen and oxygen atoms in total. The summed E-state index contributed by atoms with van der Waals surface area (Å²) in [5, 5.41) is 3.18. The number of hydrogen-bond donors (Lipinski definition) is 2. The first-order valence-corrected chi connectivity index (χ1v) is 14.1. The van der Waals surface area contributed by atoms with Crippen molar-refractivity contribution in [3.63, 3.8) is 0 Å². The third-order valence-electron chi connectivity index (χ3n) is 6.89. The van der Waals surface area contributed by atoms with E-state index in [1.54, 1.807) is 4.90 Å². The summed E-state index contributed by atoms with van der Waals surface area (Å²) >= 11 is 1.15. The van der Waals surface area contributed by atoms with Crippen molar-refractivity contribution in [2.45, 2.75) is 24.2 Å². The Morgan fingerprint density at radius 2 is 2.03 bits per heavy atom. The molecular weight excluding hydrogens is 509 g/mol. The maximum atomic E-state index is 14.6. The molecule has 1 spiro atoms. The third-order valence-corrected chi connectivity index (χ3v) is 8.99. The number of methoxy groups -OCH3 is 1. The first-order valence-electron chi connectivity index (χ1n) is 11.4. The van der Waals surface area contributed by atoms with Crippen molar-refractivity contribution < 1.29 is 27.1 Å². The summed E-state index contributed by atoms with van der Waals surface area (Å²) in [5.41, 5.74) is 6.79. The molecule has 192 valence electrons. The van der Waals surface area contributed by atoms with Crippen LogP contribution in [-0.2, 0) is 14.6 Å². The maximum Gasteiger partial charge on any atom is 0.323 e. The van der Waals surface area contributed by atoms with Crippen molar-refractivity contribution in [1.82, 2.24) is 14.9 Å². The second-order valence-electron chi connectivity index (χ2n) is 9.23. The van der Waals surface area contributed by atoms with Gasteiger partial charge in [-0.1, -0.05) is 11.3 Å². The van der Waals surface area contributed by atoms with Gasteiger partial charge in [-0.15, -0.1) is 0 Å². The molecule has 4 heterocycles. The zero-order valence-electron chi connectivity index (χ0n) is 19.8. The fourth-order valence-electron chi connectivity index (χ4n) is 4.81. The van der Waals surface area contributed by atoms with Crippen molar-refractivity contribution in [3.05, 3.63) is 24.1 Å². The van der Waals surface area contributed by atoms with Crippen LogP contribution in [0.1, 0.15) is 19.3 Å². The zero-order valence-corrected chi connectivity index (χ0v) is 21.5. The summed E-state index contributed by atoms with van der Waals surface area (Å²) in [5.74, 6) is -0.642. The number of likely N-dealkylation sites (tertiary alicyclic amines) is 1. The number of carbonyl (C=O) groups is 1. The summed E-state index contributed by atoms with van der Waals surface area (Å²) in [6.45, 7) is 2.75. The molecule has 2 aliphatic rings. The Labute approximate surface area is 211 Å². The summed E-state index contributed by atoms with van der Waals surface area (Å²) in [6.07, 6.45) is 5.24. The van der Waals surface area contributed by atoms with E-state index in [2.05, 4.69) is 15.3 Å². The first kappa shape index (κ1) is 24.7. The average molecular weight is 536 g/mol. The lowest BCUT2D eigenvalue weighted by Gasteiger charge is -2.33. The number of fused-ring (bicyclic) bond motifs is 1. The van der Waals surface area contributed by atoms with E-state index < -0.39 is 15.7 Å². The fraction of sp³-hybridized carbons (Fsp3) is 0.435. The predicted octanol–water partition coefficient (Wildman–Crippen LogP) is 3.53. The van der Waals surface area contributed by atoms with Gasteiger partial charge < -0.3 is 20.1 Å².